The Morgan fingerprint density at radius 3 is 3.17 bits per heavy atom. The Balaban J connectivity index is 1.28. The highest BCUT2D eigenvalue weighted by Gasteiger charge is 2.41. The molecule has 3 atom stereocenters. The number of thiophene rings is 1. The first-order valence-corrected chi connectivity index (χ1v) is 9.41. The number of piperidine rings is 1. The minimum atomic E-state index is -0.323. The van der Waals surface area contributed by atoms with E-state index in [9.17, 15) is 4.79 Å². The second kappa shape index (κ2) is 7.09. The van der Waals surface area contributed by atoms with Crippen molar-refractivity contribution in [2.75, 3.05) is 13.1 Å². The van der Waals surface area contributed by atoms with E-state index in [1.54, 1.807) is 17.6 Å². The lowest BCUT2D eigenvalue weighted by molar-refractivity contribution is -0.133. The normalized spacial score (nSPS) is 27.1. The van der Waals surface area contributed by atoms with Gasteiger partial charge in [0, 0.05) is 13.1 Å². The Morgan fingerprint density at radius 2 is 2.38 bits per heavy atom. The van der Waals surface area contributed by atoms with E-state index in [1.807, 2.05) is 12.1 Å². The van der Waals surface area contributed by atoms with Crippen LogP contribution < -0.4 is 5.32 Å². The molecule has 24 heavy (non-hydrogen) atoms. The predicted octanol–water partition coefficient (Wildman–Crippen LogP) is 2.64. The van der Waals surface area contributed by atoms with Crippen molar-refractivity contribution in [1.82, 2.24) is 10.2 Å². The van der Waals surface area contributed by atoms with Crippen molar-refractivity contribution in [3.8, 4) is 0 Å². The van der Waals surface area contributed by atoms with Gasteiger partial charge in [-0.15, -0.1) is 0 Å². The lowest BCUT2D eigenvalue weighted by Gasteiger charge is -2.33. The number of fused-ring (bicyclic) bond motifs is 1. The van der Waals surface area contributed by atoms with E-state index in [0.717, 1.165) is 38.2 Å². The largest absolute Gasteiger partial charge is 0.467 e. The summed E-state index contributed by atoms with van der Waals surface area (Å²) in [6, 6.07) is 5.86. The van der Waals surface area contributed by atoms with Crippen molar-refractivity contribution in [1.29, 1.82) is 0 Å². The van der Waals surface area contributed by atoms with Gasteiger partial charge in [-0.25, -0.2) is 0 Å². The molecule has 0 bridgehead atoms. The maximum absolute atomic E-state index is 12.3. The number of carbonyl (C=O) groups is 1. The molecule has 4 heterocycles. The maximum Gasteiger partial charge on any atom is 0.249 e. The minimum Gasteiger partial charge on any atom is -0.467 e. The fraction of sp³-hybridized carbons (Fsp3) is 0.500. The van der Waals surface area contributed by atoms with Crippen molar-refractivity contribution < 1.29 is 13.9 Å². The number of nitrogens with one attached hydrogen (secondary N) is 1. The number of nitrogens with zero attached hydrogens (tertiary/aromatic N) is 1. The molecule has 6 heteroatoms. The topological polar surface area (TPSA) is 54.7 Å². The number of hydrogen-bond acceptors (Lipinski definition) is 5. The molecule has 0 aromatic carbocycles. The Hall–Kier alpha value is -1.63. The molecule has 1 N–H and O–H groups in total. The molecule has 2 aliphatic rings. The van der Waals surface area contributed by atoms with Crippen LogP contribution in [0.15, 0.2) is 39.6 Å². The van der Waals surface area contributed by atoms with E-state index in [4.69, 9.17) is 9.15 Å². The number of rotatable bonds is 5. The zero-order chi connectivity index (χ0) is 16.4. The van der Waals surface area contributed by atoms with Gasteiger partial charge >= 0.3 is 0 Å². The summed E-state index contributed by atoms with van der Waals surface area (Å²) in [6.07, 6.45) is 3.41. The Morgan fingerprint density at radius 1 is 1.42 bits per heavy atom. The van der Waals surface area contributed by atoms with Gasteiger partial charge in [-0.05, 0) is 59.8 Å². The lowest BCUT2D eigenvalue weighted by atomic mass is 9.91. The van der Waals surface area contributed by atoms with E-state index in [1.165, 1.54) is 5.56 Å². The first-order valence-electron chi connectivity index (χ1n) is 8.47. The maximum atomic E-state index is 12.3. The van der Waals surface area contributed by atoms with E-state index in [-0.39, 0.29) is 18.1 Å². The molecule has 2 aliphatic heterocycles. The van der Waals surface area contributed by atoms with Gasteiger partial charge in [0.05, 0.1) is 18.9 Å². The van der Waals surface area contributed by atoms with Gasteiger partial charge in [-0.2, -0.15) is 11.3 Å². The van der Waals surface area contributed by atoms with Crippen LogP contribution >= 0.6 is 11.3 Å². The van der Waals surface area contributed by atoms with Crippen molar-refractivity contribution in [3.63, 3.8) is 0 Å². The van der Waals surface area contributed by atoms with Gasteiger partial charge in [-0.1, -0.05) is 0 Å². The van der Waals surface area contributed by atoms with Crippen molar-refractivity contribution in [2.45, 2.75) is 38.1 Å². The Labute approximate surface area is 145 Å². The summed E-state index contributed by atoms with van der Waals surface area (Å²) in [7, 11) is 0. The smallest absolute Gasteiger partial charge is 0.249 e. The summed E-state index contributed by atoms with van der Waals surface area (Å²) in [4.78, 5) is 14.8. The third-order valence-electron chi connectivity index (χ3n) is 4.93. The fourth-order valence-corrected chi connectivity index (χ4v) is 4.31. The molecule has 2 fully saturated rings. The van der Waals surface area contributed by atoms with Gasteiger partial charge < -0.3 is 14.5 Å². The quantitative estimate of drug-likeness (QED) is 0.904. The van der Waals surface area contributed by atoms with E-state index >= 15 is 0 Å². The number of amides is 1. The van der Waals surface area contributed by atoms with E-state index in [2.05, 4.69) is 27.0 Å². The zero-order valence-electron chi connectivity index (χ0n) is 13.5. The fourth-order valence-electron chi connectivity index (χ4n) is 3.65. The molecule has 0 unspecified atom stereocenters. The van der Waals surface area contributed by atoms with Gasteiger partial charge in [0.15, 0.2) is 0 Å². The molecule has 0 spiro atoms. The summed E-state index contributed by atoms with van der Waals surface area (Å²) in [5, 5.41) is 7.23. The average Bonchev–Trinajstić information content (AvgIpc) is 3.33. The molecule has 0 saturated carbocycles. The molecule has 0 aliphatic carbocycles. The molecular weight excluding hydrogens is 324 g/mol. The monoisotopic (exact) mass is 346 g/mol. The molecule has 0 radical (unpaired) electrons. The third-order valence-corrected chi connectivity index (χ3v) is 5.66. The first-order chi connectivity index (χ1) is 11.8. The molecule has 5 nitrogen and oxygen atoms in total. The van der Waals surface area contributed by atoms with Crippen molar-refractivity contribution in [3.05, 3.63) is 46.5 Å². The summed E-state index contributed by atoms with van der Waals surface area (Å²) in [5.74, 6) is 1.24. The van der Waals surface area contributed by atoms with Crippen LogP contribution in [0.2, 0.25) is 0 Å². The average molecular weight is 346 g/mol. The van der Waals surface area contributed by atoms with Crippen LogP contribution in [0.5, 0.6) is 0 Å². The van der Waals surface area contributed by atoms with Crippen LogP contribution in [0.1, 0.15) is 24.2 Å². The van der Waals surface area contributed by atoms with E-state index < -0.39 is 0 Å². The lowest BCUT2D eigenvalue weighted by Crippen LogP contribution is -2.42. The van der Waals surface area contributed by atoms with Gasteiger partial charge in [0.2, 0.25) is 5.91 Å². The molecule has 2 aromatic rings. The van der Waals surface area contributed by atoms with E-state index in [0.29, 0.717) is 12.5 Å². The Bertz CT molecular complexity index is 656. The highest BCUT2D eigenvalue weighted by Crippen LogP contribution is 2.33. The van der Waals surface area contributed by atoms with Crippen LogP contribution in [-0.4, -0.2) is 36.1 Å². The minimum absolute atomic E-state index is 0.0230. The van der Waals surface area contributed by atoms with Crippen molar-refractivity contribution in [2.24, 2.45) is 5.92 Å². The third kappa shape index (κ3) is 3.55. The molecule has 2 aromatic heterocycles. The van der Waals surface area contributed by atoms with Crippen LogP contribution in [0.25, 0.3) is 0 Å². The summed E-state index contributed by atoms with van der Waals surface area (Å²) in [5.41, 5.74) is 1.36. The molecular formula is C18H22N2O3S. The van der Waals surface area contributed by atoms with Crippen LogP contribution in [-0.2, 0) is 22.6 Å². The standard InChI is InChI=1S/C18H22N2O3S/c21-18(19-9-15-2-1-6-22-15)16-8-14-3-5-20(11-17(14)23-16)10-13-4-7-24-12-13/h1-2,4,6-7,12,14,16-17H,3,5,8-11H2,(H,19,21)/t14-,16+,17-/m0/s1. The van der Waals surface area contributed by atoms with Crippen LogP contribution in [0.4, 0.5) is 0 Å². The molecule has 128 valence electrons. The molecule has 4 rings (SSSR count). The Kier molecular flexibility index (Phi) is 4.69. The number of likely N-dealkylation sites (tertiary alicyclic amines) is 1. The zero-order valence-corrected chi connectivity index (χ0v) is 14.3. The first kappa shape index (κ1) is 15.9. The van der Waals surface area contributed by atoms with Gasteiger partial charge in [0.1, 0.15) is 11.9 Å². The molecule has 1 amide bonds. The number of ether oxygens (including phenoxy) is 1. The SMILES string of the molecule is O=C(NCc1ccco1)[C@H]1C[C@@H]2CCN(Cc3ccsc3)C[C@@H]2O1. The summed E-state index contributed by atoms with van der Waals surface area (Å²) < 4.78 is 11.3. The highest BCUT2D eigenvalue weighted by molar-refractivity contribution is 7.07. The van der Waals surface area contributed by atoms with Crippen LogP contribution in [0.3, 0.4) is 0 Å². The number of hydrogen-bond donors (Lipinski definition) is 1. The highest BCUT2D eigenvalue weighted by atomic mass is 32.1. The molecule has 2 saturated heterocycles. The number of furan rings is 1. The van der Waals surface area contributed by atoms with Crippen molar-refractivity contribution >= 4 is 17.2 Å². The second-order valence-corrected chi connectivity index (χ2v) is 7.39. The number of carbonyl (C=O) groups excluding carboxylic acids is 1. The summed E-state index contributed by atoms with van der Waals surface area (Å²) >= 11 is 1.74. The predicted molar refractivity (Wildman–Crippen MR) is 91.5 cm³/mol. The van der Waals surface area contributed by atoms with Gasteiger partial charge in [-0.3, -0.25) is 9.69 Å². The second-order valence-electron chi connectivity index (χ2n) is 6.61. The van der Waals surface area contributed by atoms with Gasteiger partial charge in [0.25, 0.3) is 0 Å². The summed E-state index contributed by atoms with van der Waals surface area (Å²) in [6.45, 7) is 3.40. The van der Waals surface area contributed by atoms with Crippen LogP contribution in [0, 0.1) is 5.92 Å².